The van der Waals surface area contributed by atoms with Gasteiger partial charge in [0.25, 0.3) is 0 Å². The minimum atomic E-state index is -1.57. The molecule has 0 fully saturated rings. The lowest BCUT2D eigenvalue weighted by molar-refractivity contribution is 0.101. The van der Waals surface area contributed by atoms with Crippen LogP contribution < -0.4 is 4.74 Å². The third-order valence-electron chi connectivity index (χ3n) is 5.48. The summed E-state index contributed by atoms with van der Waals surface area (Å²) in [6.45, 7) is 3.66. The van der Waals surface area contributed by atoms with Crippen molar-refractivity contribution in [1.82, 2.24) is 9.97 Å². The highest BCUT2D eigenvalue weighted by Gasteiger charge is 2.36. The molecule has 0 saturated heterocycles. The van der Waals surface area contributed by atoms with Gasteiger partial charge in [-0.15, -0.1) is 0 Å². The Hall–Kier alpha value is -3.76. The average molecular weight is 483 g/mol. The lowest BCUT2D eigenvalue weighted by Gasteiger charge is -2.31. The number of aromatic nitrogens is 2. The number of fused-ring (bicyclic) bond motifs is 3. The fraction of sp³-hybridized carbons (Fsp3) is 0.115. The molecule has 4 aromatic rings. The van der Waals surface area contributed by atoms with Crippen molar-refractivity contribution in [2.75, 3.05) is 0 Å². The second-order valence-corrected chi connectivity index (χ2v) is 8.61. The van der Waals surface area contributed by atoms with Gasteiger partial charge in [0.2, 0.25) is 0 Å². The Kier molecular flexibility index (Phi) is 5.14. The van der Waals surface area contributed by atoms with E-state index in [9.17, 15) is 17.6 Å². The number of imidazole rings is 1. The molecule has 0 aliphatic carbocycles. The zero-order chi connectivity index (χ0) is 24.2. The number of rotatable bonds is 1. The predicted octanol–water partition coefficient (Wildman–Crippen LogP) is 6.98. The third kappa shape index (κ3) is 3.61. The molecule has 34 heavy (non-hydrogen) atoms. The number of hydrogen-bond donors (Lipinski definition) is 1. The number of ether oxygens (including phenoxy) is 1. The number of aromatic amines is 1. The maximum atomic E-state index is 14.5. The van der Waals surface area contributed by atoms with Crippen LogP contribution in [0, 0.1) is 35.1 Å². The van der Waals surface area contributed by atoms with Gasteiger partial charge in [0, 0.05) is 11.1 Å². The minimum Gasteiger partial charge on any atom is -0.481 e. The van der Waals surface area contributed by atoms with E-state index in [2.05, 4.69) is 21.8 Å². The molecule has 0 saturated carbocycles. The highest BCUT2D eigenvalue weighted by Crippen LogP contribution is 2.45. The zero-order valence-corrected chi connectivity index (χ0v) is 18.6. The van der Waals surface area contributed by atoms with E-state index in [0.717, 1.165) is 12.1 Å². The van der Waals surface area contributed by atoms with Gasteiger partial charge in [-0.25, -0.2) is 22.5 Å². The number of H-pyrrole nitrogens is 1. The summed E-state index contributed by atoms with van der Waals surface area (Å²) in [5.41, 5.74) is 1.39. The summed E-state index contributed by atoms with van der Waals surface area (Å²) < 4.78 is 61.2. The maximum Gasteiger partial charge on any atom is 0.195 e. The summed E-state index contributed by atoms with van der Waals surface area (Å²) >= 11 is 6.22. The zero-order valence-electron chi connectivity index (χ0n) is 17.9. The van der Waals surface area contributed by atoms with Gasteiger partial charge in [-0.1, -0.05) is 29.5 Å². The average Bonchev–Trinajstić information content (AvgIpc) is 3.23. The van der Waals surface area contributed by atoms with E-state index in [1.165, 1.54) is 12.1 Å². The molecule has 0 bridgehead atoms. The molecule has 0 radical (unpaired) electrons. The quantitative estimate of drug-likeness (QED) is 0.180. The second-order valence-electron chi connectivity index (χ2n) is 8.20. The summed E-state index contributed by atoms with van der Waals surface area (Å²) in [7, 11) is 0. The Bertz CT molecular complexity index is 1510. The topological polar surface area (TPSA) is 37.9 Å². The van der Waals surface area contributed by atoms with E-state index in [1.807, 2.05) is 13.8 Å². The summed E-state index contributed by atoms with van der Waals surface area (Å²) in [6.07, 6.45) is 0. The number of halogens is 5. The smallest absolute Gasteiger partial charge is 0.195 e. The summed E-state index contributed by atoms with van der Waals surface area (Å²) in [5.74, 6) is 1.30. The first-order chi connectivity index (χ1) is 16.2. The number of nitrogens with zero attached hydrogens (tertiary/aromatic N) is 1. The molecular weight excluding hydrogens is 468 g/mol. The molecule has 0 unspecified atom stereocenters. The number of benzene rings is 3. The molecule has 170 valence electrons. The van der Waals surface area contributed by atoms with Gasteiger partial charge in [0.05, 0.1) is 27.5 Å². The first-order valence-corrected chi connectivity index (χ1v) is 10.6. The van der Waals surface area contributed by atoms with Gasteiger partial charge < -0.3 is 9.72 Å². The van der Waals surface area contributed by atoms with Crippen molar-refractivity contribution in [3.05, 3.63) is 93.6 Å². The Morgan fingerprint density at radius 3 is 2.50 bits per heavy atom. The molecule has 1 aliphatic heterocycles. The highest BCUT2D eigenvalue weighted by atomic mass is 35.5. The molecule has 5 rings (SSSR count). The van der Waals surface area contributed by atoms with Crippen molar-refractivity contribution in [2.45, 2.75) is 19.4 Å². The molecule has 2 heterocycles. The summed E-state index contributed by atoms with van der Waals surface area (Å²) in [5, 5.41) is 0.222. The molecule has 1 aliphatic rings. The summed E-state index contributed by atoms with van der Waals surface area (Å²) in [6, 6.07) is 11.3. The van der Waals surface area contributed by atoms with Gasteiger partial charge >= 0.3 is 0 Å². The Morgan fingerprint density at radius 2 is 1.74 bits per heavy atom. The van der Waals surface area contributed by atoms with Crippen molar-refractivity contribution in [3.8, 4) is 40.2 Å². The van der Waals surface area contributed by atoms with Crippen LogP contribution in [0.5, 0.6) is 5.75 Å². The normalized spacial score (nSPS) is 13.4. The maximum absolute atomic E-state index is 14.5. The van der Waals surface area contributed by atoms with Crippen LogP contribution in [0.15, 0.2) is 48.5 Å². The molecule has 3 aromatic carbocycles. The van der Waals surface area contributed by atoms with Gasteiger partial charge in [-0.3, -0.25) is 0 Å². The van der Waals surface area contributed by atoms with Crippen LogP contribution in [0.2, 0.25) is 5.02 Å². The third-order valence-corrected chi connectivity index (χ3v) is 5.80. The number of nitrogens with one attached hydrogen (secondary N) is 1. The van der Waals surface area contributed by atoms with Gasteiger partial charge in [-0.2, -0.15) is 0 Å². The van der Waals surface area contributed by atoms with Gasteiger partial charge in [0.1, 0.15) is 23.0 Å². The van der Waals surface area contributed by atoms with Crippen LogP contribution in [-0.2, 0) is 5.60 Å². The summed E-state index contributed by atoms with van der Waals surface area (Å²) in [4.78, 5) is 7.75. The first kappa shape index (κ1) is 22.1. The molecular formula is C26H15ClF4N2O. The van der Waals surface area contributed by atoms with Crippen molar-refractivity contribution in [3.63, 3.8) is 0 Å². The standard InChI is InChI=1S/C26H15ClF4N2O/c1-26(2)24-23(32-25(33-24)20-16(27)4-3-5-17(20)28)15-10-7-13(12-19(15)34-26)6-8-14-9-11-18(29)22(31)21(14)30/h3-5,7,9-12H,1-2H3,(H,32,33). The number of hydrogen-bond acceptors (Lipinski definition) is 2. The van der Waals surface area contributed by atoms with Crippen LogP contribution in [0.4, 0.5) is 17.6 Å². The molecule has 0 amide bonds. The van der Waals surface area contributed by atoms with E-state index in [-0.39, 0.29) is 22.0 Å². The minimum absolute atomic E-state index is 0.159. The fourth-order valence-corrected chi connectivity index (χ4v) is 4.07. The van der Waals surface area contributed by atoms with Crippen molar-refractivity contribution >= 4 is 11.6 Å². The molecule has 1 aromatic heterocycles. The predicted molar refractivity (Wildman–Crippen MR) is 120 cm³/mol. The van der Waals surface area contributed by atoms with Crippen LogP contribution in [0.1, 0.15) is 30.7 Å². The first-order valence-electron chi connectivity index (χ1n) is 10.2. The van der Waals surface area contributed by atoms with E-state index >= 15 is 0 Å². The highest BCUT2D eigenvalue weighted by molar-refractivity contribution is 6.33. The Labute approximate surface area is 197 Å². The van der Waals surface area contributed by atoms with Crippen molar-refractivity contribution < 1.29 is 22.3 Å². The van der Waals surface area contributed by atoms with Crippen molar-refractivity contribution in [1.29, 1.82) is 0 Å². The lowest BCUT2D eigenvalue weighted by Crippen LogP contribution is -2.29. The molecule has 8 heteroatoms. The Morgan fingerprint density at radius 1 is 0.941 bits per heavy atom. The largest absolute Gasteiger partial charge is 0.481 e. The van der Waals surface area contributed by atoms with Crippen LogP contribution in [0.3, 0.4) is 0 Å². The lowest BCUT2D eigenvalue weighted by atomic mass is 9.94. The molecule has 0 spiro atoms. The van der Waals surface area contributed by atoms with Gasteiger partial charge in [-0.05, 0) is 56.3 Å². The van der Waals surface area contributed by atoms with Gasteiger partial charge in [0.15, 0.2) is 17.5 Å². The van der Waals surface area contributed by atoms with E-state index in [0.29, 0.717) is 28.3 Å². The van der Waals surface area contributed by atoms with E-state index in [1.54, 1.807) is 24.3 Å². The molecule has 0 atom stereocenters. The van der Waals surface area contributed by atoms with Crippen LogP contribution in [0.25, 0.3) is 22.6 Å². The van der Waals surface area contributed by atoms with E-state index < -0.39 is 28.9 Å². The molecule has 1 N–H and O–H groups in total. The van der Waals surface area contributed by atoms with Crippen LogP contribution >= 0.6 is 11.6 Å². The SMILES string of the molecule is CC1(C)Oc2cc(C#Cc3ccc(F)c(F)c3F)ccc2-c2nc(-c3c(F)cccc3Cl)[nH]c21. The Balaban J connectivity index is 1.57. The van der Waals surface area contributed by atoms with E-state index in [4.69, 9.17) is 16.3 Å². The second kappa shape index (κ2) is 7.93. The fourth-order valence-electron chi connectivity index (χ4n) is 3.81. The monoisotopic (exact) mass is 482 g/mol. The van der Waals surface area contributed by atoms with Crippen LogP contribution in [-0.4, -0.2) is 9.97 Å². The molecule has 3 nitrogen and oxygen atoms in total. The van der Waals surface area contributed by atoms with Crippen molar-refractivity contribution in [2.24, 2.45) is 0 Å².